The van der Waals surface area contributed by atoms with Crippen LogP contribution in [0, 0.1) is 5.92 Å². The predicted molar refractivity (Wildman–Crippen MR) is 113 cm³/mol. The van der Waals surface area contributed by atoms with E-state index in [-0.39, 0.29) is 18.2 Å². The molecule has 0 spiro atoms. The average molecular weight is 413 g/mol. The van der Waals surface area contributed by atoms with E-state index in [0.29, 0.717) is 26.1 Å². The van der Waals surface area contributed by atoms with Gasteiger partial charge in [-0.2, -0.15) is 0 Å². The third-order valence-electron chi connectivity index (χ3n) is 5.57. The Morgan fingerprint density at radius 3 is 2.31 bits per heavy atom. The van der Waals surface area contributed by atoms with Gasteiger partial charge in [0.1, 0.15) is 6.04 Å². The van der Waals surface area contributed by atoms with Gasteiger partial charge in [-0.15, -0.1) is 0 Å². The van der Waals surface area contributed by atoms with E-state index in [9.17, 15) is 14.4 Å². The van der Waals surface area contributed by atoms with E-state index in [4.69, 9.17) is 5.21 Å². The maximum Gasteiger partial charge on any atom is 0.320 e. The fourth-order valence-corrected chi connectivity index (χ4v) is 3.86. The SMILES string of the molecule is CCCCCCCCCC[C@H](CC(=O)NO)C(=O)[C@@H]1CNCCN1C(=O)N(C)C. The van der Waals surface area contributed by atoms with Gasteiger partial charge in [-0.25, -0.2) is 10.3 Å². The summed E-state index contributed by atoms with van der Waals surface area (Å²) in [4.78, 5) is 40.5. The zero-order valence-corrected chi connectivity index (χ0v) is 18.4. The third-order valence-corrected chi connectivity index (χ3v) is 5.57. The maximum atomic E-state index is 13.2. The smallest absolute Gasteiger partial charge is 0.320 e. The minimum atomic E-state index is -0.579. The molecular formula is C21H40N4O4. The van der Waals surface area contributed by atoms with E-state index in [1.165, 1.54) is 37.0 Å². The summed E-state index contributed by atoms with van der Waals surface area (Å²) in [6.07, 6.45) is 9.82. The number of nitrogens with one attached hydrogen (secondary N) is 2. The lowest BCUT2D eigenvalue weighted by Gasteiger charge is -2.38. The molecule has 1 fully saturated rings. The van der Waals surface area contributed by atoms with Crippen molar-refractivity contribution in [2.45, 2.75) is 77.2 Å². The number of carbonyl (C=O) groups is 3. The number of hydroxylamine groups is 1. The van der Waals surface area contributed by atoms with Crippen LogP contribution < -0.4 is 10.8 Å². The Balaban J connectivity index is 2.63. The quantitative estimate of drug-likeness (QED) is 0.245. The maximum absolute atomic E-state index is 13.2. The summed E-state index contributed by atoms with van der Waals surface area (Å²) in [6, 6.07) is -0.772. The Labute approximate surface area is 175 Å². The fourth-order valence-electron chi connectivity index (χ4n) is 3.86. The molecule has 1 aliphatic heterocycles. The van der Waals surface area contributed by atoms with Crippen LogP contribution in [0.2, 0.25) is 0 Å². The lowest BCUT2D eigenvalue weighted by atomic mass is 9.88. The number of hydrogen-bond donors (Lipinski definition) is 3. The van der Waals surface area contributed by atoms with Crippen molar-refractivity contribution in [2.24, 2.45) is 5.92 Å². The molecule has 3 amide bonds. The van der Waals surface area contributed by atoms with Crippen molar-refractivity contribution in [1.82, 2.24) is 20.6 Å². The van der Waals surface area contributed by atoms with E-state index < -0.39 is 17.9 Å². The lowest BCUT2D eigenvalue weighted by Crippen LogP contribution is -2.60. The van der Waals surface area contributed by atoms with Gasteiger partial charge in [-0.3, -0.25) is 14.8 Å². The molecule has 1 aliphatic rings. The largest absolute Gasteiger partial charge is 0.331 e. The van der Waals surface area contributed by atoms with Crippen molar-refractivity contribution in [3.63, 3.8) is 0 Å². The van der Waals surface area contributed by atoms with Crippen molar-refractivity contribution in [1.29, 1.82) is 0 Å². The summed E-state index contributed by atoms with van der Waals surface area (Å²) in [5.41, 5.74) is 1.64. The lowest BCUT2D eigenvalue weighted by molar-refractivity contribution is -0.136. The van der Waals surface area contributed by atoms with Crippen LogP contribution >= 0.6 is 0 Å². The summed E-state index contributed by atoms with van der Waals surface area (Å²) >= 11 is 0. The molecule has 0 saturated carbocycles. The topological polar surface area (TPSA) is 102 Å². The Bertz CT molecular complexity index is 513. The molecule has 8 nitrogen and oxygen atoms in total. The van der Waals surface area contributed by atoms with Gasteiger partial charge < -0.3 is 15.1 Å². The first kappa shape index (κ1) is 25.4. The van der Waals surface area contributed by atoms with Crippen LogP contribution in [0.3, 0.4) is 0 Å². The van der Waals surface area contributed by atoms with Crippen LogP contribution in [0.25, 0.3) is 0 Å². The van der Waals surface area contributed by atoms with E-state index in [0.717, 1.165) is 19.3 Å². The van der Waals surface area contributed by atoms with Crippen molar-refractivity contribution in [2.75, 3.05) is 33.7 Å². The first-order valence-corrected chi connectivity index (χ1v) is 11.1. The second-order valence-electron chi connectivity index (χ2n) is 8.19. The summed E-state index contributed by atoms with van der Waals surface area (Å²) in [5.74, 6) is -1.15. The fraction of sp³-hybridized carbons (Fsp3) is 0.857. The molecule has 0 aromatic rings. The molecule has 0 aromatic carbocycles. The molecule has 168 valence electrons. The molecule has 1 heterocycles. The zero-order chi connectivity index (χ0) is 21.6. The summed E-state index contributed by atoms with van der Waals surface area (Å²) in [5, 5.41) is 12.1. The van der Waals surface area contributed by atoms with Gasteiger partial charge >= 0.3 is 6.03 Å². The number of urea groups is 1. The molecule has 0 aliphatic carbocycles. The number of hydrogen-bond acceptors (Lipinski definition) is 5. The Kier molecular flexibility index (Phi) is 12.5. The summed E-state index contributed by atoms with van der Waals surface area (Å²) in [7, 11) is 3.34. The van der Waals surface area contributed by atoms with Crippen molar-refractivity contribution >= 4 is 17.7 Å². The van der Waals surface area contributed by atoms with Crippen molar-refractivity contribution < 1.29 is 19.6 Å². The van der Waals surface area contributed by atoms with Gasteiger partial charge in [0.15, 0.2) is 5.78 Å². The van der Waals surface area contributed by atoms with Crippen LogP contribution in [-0.2, 0) is 9.59 Å². The minimum Gasteiger partial charge on any atom is -0.331 e. The number of rotatable bonds is 13. The zero-order valence-electron chi connectivity index (χ0n) is 18.4. The predicted octanol–water partition coefficient (Wildman–Crippen LogP) is 2.55. The molecule has 1 saturated heterocycles. The molecule has 0 radical (unpaired) electrons. The Morgan fingerprint density at radius 1 is 1.10 bits per heavy atom. The minimum absolute atomic E-state index is 0.0493. The van der Waals surface area contributed by atoms with Gasteiger partial charge in [-0.05, 0) is 6.42 Å². The van der Waals surface area contributed by atoms with Crippen LogP contribution in [0.5, 0.6) is 0 Å². The second-order valence-corrected chi connectivity index (χ2v) is 8.19. The standard InChI is InChI=1S/C21H40N4O4/c1-4-5-6-7-8-9-10-11-12-17(15-19(26)23-29)20(27)18-16-22-13-14-25(18)21(28)24(2)3/h17-18,22,29H,4-16H2,1-3H3,(H,23,26)/t17-,18+/m1/s1. The van der Waals surface area contributed by atoms with Crippen LogP contribution in [-0.4, -0.2) is 72.5 Å². The van der Waals surface area contributed by atoms with Crippen LogP contribution in [0.15, 0.2) is 0 Å². The first-order valence-electron chi connectivity index (χ1n) is 11.1. The van der Waals surface area contributed by atoms with Gasteiger partial charge in [0.25, 0.3) is 0 Å². The number of piperazine rings is 1. The summed E-state index contributed by atoms with van der Waals surface area (Å²) in [6.45, 7) is 3.70. The number of nitrogens with zero attached hydrogens (tertiary/aromatic N) is 2. The second kappa shape index (κ2) is 14.3. The Hall–Kier alpha value is -1.67. The summed E-state index contributed by atoms with van der Waals surface area (Å²) < 4.78 is 0. The molecule has 8 heteroatoms. The molecule has 1 rings (SSSR count). The van der Waals surface area contributed by atoms with Crippen molar-refractivity contribution in [3.8, 4) is 0 Å². The molecule has 0 unspecified atom stereocenters. The van der Waals surface area contributed by atoms with Gasteiger partial charge in [0, 0.05) is 46.1 Å². The number of amides is 3. The van der Waals surface area contributed by atoms with Crippen LogP contribution in [0.1, 0.15) is 71.1 Å². The van der Waals surface area contributed by atoms with Crippen LogP contribution in [0.4, 0.5) is 4.79 Å². The molecule has 0 aromatic heterocycles. The monoisotopic (exact) mass is 412 g/mol. The van der Waals surface area contributed by atoms with E-state index in [1.807, 2.05) is 0 Å². The average Bonchev–Trinajstić information content (AvgIpc) is 2.73. The first-order chi connectivity index (χ1) is 13.9. The highest BCUT2D eigenvalue weighted by Gasteiger charge is 2.36. The van der Waals surface area contributed by atoms with Gasteiger partial charge in [-0.1, -0.05) is 58.3 Å². The molecular weight excluding hydrogens is 372 g/mol. The van der Waals surface area contributed by atoms with E-state index >= 15 is 0 Å². The highest BCUT2D eigenvalue weighted by atomic mass is 16.5. The van der Waals surface area contributed by atoms with Gasteiger partial charge in [0.05, 0.1) is 0 Å². The van der Waals surface area contributed by atoms with Crippen molar-refractivity contribution in [3.05, 3.63) is 0 Å². The highest BCUT2D eigenvalue weighted by Crippen LogP contribution is 2.21. The molecule has 0 bridgehead atoms. The number of ketones is 1. The Morgan fingerprint density at radius 2 is 1.72 bits per heavy atom. The molecule has 2 atom stereocenters. The number of carbonyl (C=O) groups excluding carboxylic acids is 3. The van der Waals surface area contributed by atoms with E-state index in [2.05, 4.69) is 12.2 Å². The number of Topliss-reactive ketones (excluding diaryl/α,β-unsaturated/α-hetero) is 1. The number of unbranched alkanes of at least 4 members (excludes halogenated alkanes) is 7. The molecule has 3 N–H and O–H groups in total. The molecule has 29 heavy (non-hydrogen) atoms. The van der Waals surface area contributed by atoms with E-state index in [1.54, 1.807) is 24.5 Å². The highest BCUT2D eigenvalue weighted by molar-refractivity contribution is 5.93. The normalized spacial score (nSPS) is 17.7. The third kappa shape index (κ3) is 9.12. The van der Waals surface area contributed by atoms with Gasteiger partial charge in [0.2, 0.25) is 5.91 Å².